The molecular weight excluding hydrogens is 313 g/mol. The standard InChI is InChI=1S/C13H9Cl2N5O/c1-7-17-12(21-20-7)8-4-2-3-5-10(8)18-11-9(14)6-16-13(15)19-11/h2-6H,1H3,(H,16,18,19). The van der Waals surface area contributed by atoms with E-state index in [0.29, 0.717) is 22.6 Å². The van der Waals surface area contributed by atoms with E-state index in [2.05, 4.69) is 25.4 Å². The monoisotopic (exact) mass is 321 g/mol. The van der Waals surface area contributed by atoms with Crippen LogP contribution >= 0.6 is 23.2 Å². The summed E-state index contributed by atoms with van der Waals surface area (Å²) in [6, 6.07) is 7.44. The van der Waals surface area contributed by atoms with Crippen molar-refractivity contribution in [3.8, 4) is 11.5 Å². The van der Waals surface area contributed by atoms with Crippen LogP contribution in [0, 0.1) is 6.92 Å². The zero-order valence-electron chi connectivity index (χ0n) is 10.8. The average Bonchev–Trinajstić information content (AvgIpc) is 2.90. The van der Waals surface area contributed by atoms with Crippen molar-refractivity contribution < 1.29 is 4.52 Å². The highest BCUT2D eigenvalue weighted by molar-refractivity contribution is 6.33. The van der Waals surface area contributed by atoms with Crippen LogP contribution in [0.4, 0.5) is 11.5 Å². The van der Waals surface area contributed by atoms with Gasteiger partial charge in [0.25, 0.3) is 5.89 Å². The van der Waals surface area contributed by atoms with E-state index in [1.165, 1.54) is 6.20 Å². The van der Waals surface area contributed by atoms with E-state index in [9.17, 15) is 0 Å². The maximum atomic E-state index is 6.05. The smallest absolute Gasteiger partial charge is 0.260 e. The van der Waals surface area contributed by atoms with Crippen LogP contribution in [0.1, 0.15) is 5.82 Å². The van der Waals surface area contributed by atoms with Crippen LogP contribution in [0.15, 0.2) is 35.0 Å². The summed E-state index contributed by atoms with van der Waals surface area (Å²) in [6.07, 6.45) is 1.43. The number of anilines is 2. The van der Waals surface area contributed by atoms with Crippen molar-refractivity contribution >= 4 is 34.7 Å². The topological polar surface area (TPSA) is 76.7 Å². The maximum Gasteiger partial charge on any atom is 0.260 e. The molecule has 0 unspecified atom stereocenters. The second-order valence-electron chi connectivity index (χ2n) is 4.15. The first-order chi connectivity index (χ1) is 10.1. The van der Waals surface area contributed by atoms with Gasteiger partial charge in [0.1, 0.15) is 5.02 Å². The van der Waals surface area contributed by atoms with Crippen molar-refractivity contribution in [1.29, 1.82) is 0 Å². The first-order valence-electron chi connectivity index (χ1n) is 5.98. The number of aromatic nitrogens is 4. The van der Waals surface area contributed by atoms with Gasteiger partial charge in [-0.3, -0.25) is 0 Å². The fourth-order valence-electron chi connectivity index (χ4n) is 1.75. The van der Waals surface area contributed by atoms with Gasteiger partial charge in [-0.1, -0.05) is 28.9 Å². The van der Waals surface area contributed by atoms with Crippen molar-refractivity contribution in [1.82, 2.24) is 20.1 Å². The largest absolute Gasteiger partial charge is 0.338 e. The van der Waals surface area contributed by atoms with Gasteiger partial charge >= 0.3 is 0 Å². The molecule has 2 heterocycles. The lowest BCUT2D eigenvalue weighted by Crippen LogP contribution is -1.98. The minimum atomic E-state index is 0.105. The molecule has 0 amide bonds. The minimum absolute atomic E-state index is 0.105. The third kappa shape index (κ3) is 2.96. The number of nitrogens with zero attached hydrogens (tertiary/aromatic N) is 4. The molecule has 0 radical (unpaired) electrons. The second kappa shape index (κ2) is 5.67. The molecule has 0 saturated heterocycles. The number of hydrogen-bond acceptors (Lipinski definition) is 6. The summed E-state index contributed by atoms with van der Waals surface area (Å²) in [4.78, 5) is 12.1. The molecule has 8 heteroatoms. The molecule has 0 bridgehead atoms. The fraction of sp³-hybridized carbons (Fsp3) is 0.0769. The molecule has 0 aliphatic rings. The van der Waals surface area contributed by atoms with Gasteiger partial charge in [-0.25, -0.2) is 4.98 Å². The van der Waals surface area contributed by atoms with Crippen molar-refractivity contribution in [2.45, 2.75) is 6.92 Å². The highest BCUT2D eigenvalue weighted by atomic mass is 35.5. The van der Waals surface area contributed by atoms with Crippen molar-refractivity contribution in [2.24, 2.45) is 0 Å². The van der Waals surface area contributed by atoms with Crippen LogP contribution in [0.3, 0.4) is 0 Å². The number of aryl methyl sites for hydroxylation is 1. The number of halogens is 2. The first kappa shape index (κ1) is 13.8. The number of rotatable bonds is 3. The van der Waals surface area contributed by atoms with Gasteiger partial charge in [0.15, 0.2) is 11.6 Å². The van der Waals surface area contributed by atoms with Crippen molar-refractivity contribution in [3.63, 3.8) is 0 Å². The van der Waals surface area contributed by atoms with Gasteiger partial charge in [-0.05, 0) is 30.7 Å². The lowest BCUT2D eigenvalue weighted by Gasteiger charge is -2.10. The van der Waals surface area contributed by atoms with Crippen molar-refractivity contribution in [3.05, 3.63) is 46.6 Å². The quantitative estimate of drug-likeness (QED) is 0.737. The van der Waals surface area contributed by atoms with Crippen LogP contribution < -0.4 is 5.32 Å². The van der Waals surface area contributed by atoms with Crippen LogP contribution in [0.25, 0.3) is 11.5 Å². The van der Waals surface area contributed by atoms with E-state index in [4.69, 9.17) is 27.7 Å². The Balaban J connectivity index is 2.01. The van der Waals surface area contributed by atoms with E-state index in [-0.39, 0.29) is 5.28 Å². The Hall–Kier alpha value is -2.18. The molecule has 2 aromatic heterocycles. The summed E-state index contributed by atoms with van der Waals surface area (Å²) >= 11 is 11.8. The zero-order valence-corrected chi connectivity index (χ0v) is 12.4. The SMILES string of the molecule is Cc1noc(-c2ccccc2Nc2nc(Cl)ncc2Cl)n1. The minimum Gasteiger partial charge on any atom is -0.338 e. The van der Waals surface area contributed by atoms with Gasteiger partial charge in [-0.15, -0.1) is 0 Å². The molecule has 1 aromatic carbocycles. The van der Waals surface area contributed by atoms with Crippen LogP contribution in [0.2, 0.25) is 10.3 Å². The molecule has 0 spiro atoms. The summed E-state index contributed by atoms with van der Waals surface area (Å²) in [6.45, 7) is 1.75. The molecule has 106 valence electrons. The lowest BCUT2D eigenvalue weighted by molar-refractivity contribution is 0.426. The molecule has 0 fully saturated rings. The normalized spacial score (nSPS) is 10.6. The Morgan fingerprint density at radius 1 is 1.14 bits per heavy atom. The van der Waals surface area contributed by atoms with E-state index < -0.39 is 0 Å². The Morgan fingerprint density at radius 2 is 1.95 bits per heavy atom. The number of hydrogen-bond donors (Lipinski definition) is 1. The van der Waals surface area contributed by atoms with E-state index in [0.717, 1.165) is 11.3 Å². The van der Waals surface area contributed by atoms with Gasteiger partial charge in [0, 0.05) is 0 Å². The first-order valence-corrected chi connectivity index (χ1v) is 6.74. The molecule has 0 atom stereocenters. The van der Waals surface area contributed by atoms with Gasteiger partial charge in [0.2, 0.25) is 5.28 Å². The summed E-state index contributed by atoms with van der Waals surface area (Å²) in [5.41, 5.74) is 1.46. The number of nitrogens with one attached hydrogen (secondary N) is 1. The van der Waals surface area contributed by atoms with Gasteiger partial charge in [0.05, 0.1) is 17.4 Å². The van der Waals surface area contributed by atoms with E-state index in [1.807, 2.05) is 24.3 Å². The lowest BCUT2D eigenvalue weighted by atomic mass is 10.1. The van der Waals surface area contributed by atoms with Gasteiger partial charge in [-0.2, -0.15) is 9.97 Å². The van der Waals surface area contributed by atoms with Crippen LogP contribution in [-0.2, 0) is 0 Å². The summed E-state index contributed by atoms with van der Waals surface area (Å²) in [5.74, 6) is 1.37. The highest BCUT2D eigenvalue weighted by Gasteiger charge is 2.13. The maximum absolute atomic E-state index is 6.05. The molecular formula is C13H9Cl2N5O. The molecule has 1 N–H and O–H groups in total. The average molecular weight is 322 g/mol. The molecule has 3 rings (SSSR count). The molecule has 0 aliphatic heterocycles. The van der Waals surface area contributed by atoms with Crippen LogP contribution in [-0.4, -0.2) is 20.1 Å². The van der Waals surface area contributed by atoms with E-state index >= 15 is 0 Å². The predicted molar refractivity (Wildman–Crippen MR) is 79.8 cm³/mol. The van der Waals surface area contributed by atoms with E-state index in [1.54, 1.807) is 6.92 Å². The molecule has 0 saturated carbocycles. The summed E-state index contributed by atoms with van der Waals surface area (Å²) < 4.78 is 5.19. The third-order valence-corrected chi connectivity index (χ3v) is 3.11. The molecule has 0 aliphatic carbocycles. The van der Waals surface area contributed by atoms with Gasteiger partial charge < -0.3 is 9.84 Å². The van der Waals surface area contributed by atoms with Crippen molar-refractivity contribution in [2.75, 3.05) is 5.32 Å². The highest BCUT2D eigenvalue weighted by Crippen LogP contribution is 2.31. The number of benzene rings is 1. The third-order valence-electron chi connectivity index (χ3n) is 2.65. The Labute approximate surface area is 130 Å². The van der Waals surface area contributed by atoms with Crippen LogP contribution in [0.5, 0.6) is 0 Å². The Morgan fingerprint density at radius 3 is 2.71 bits per heavy atom. The molecule has 3 aromatic rings. The second-order valence-corrected chi connectivity index (χ2v) is 4.90. The molecule has 6 nitrogen and oxygen atoms in total. The summed E-state index contributed by atoms with van der Waals surface area (Å²) in [5, 5.41) is 7.34. The molecule has 21 heavy (non-hydrogen) atoms. The Kier molecular flexibility index (Phi) is 3.72. The zero-order chi connectivity index (χ0) is 14.8. The summed E-state index contributed by atoms with van der Waals surface area (Å²) in [7, 11) is 0. The number of para-hydroxylation sites is 1. The fourth-order valence-corrected chi connectivity index (χ4v) is 2.02. The Bertz CT molecular complexity index is 790. The predicted octanol–water partition coefficient (Wildman–Crippen LogP) is 3.89.